The first-order valence-electron chi connectivity index (χ1n) is 56.6. The molecule has 0 atom stereocenters. The van der Waals surface area contributed by atoms with Crippen LogP contribution in [0.25, 0.3) is 263 Å². The zero-order valence-electron chi connectivity index (χ0n) is 95.3. The molecule has 0 aliphatic rings. The molecule has 0 aliphatic carbocycles. The number of hydrogen-bond acceptors (Lipinski definition) is 0. The fourth-order valence-electron chi connectivity index (χ4n) is 19.9. The van der Waals surface area contributed by atoms with Crippen LogP contribution >= 0.6 is 0 Å². The molecular formula is C138H90. The van der Waals surface area contributed by atoms with Gasteiger partial charge in [-0.25, -0.2) is 0 Å². The third-order valence-electron chi connectivity index (χ3n) is 26.6. The molecule has 0 spiro atoms. The molecule has 0 saturated carbocycles. The molecule has 0 N–H and O–H groups in total. The van der Waals surface area contributed by atoms with Gasteiger partial charge in [-0.3, -0.25) is 0 Å². The van der Waals surface area contributed by atoms with Crippen molar-refractivity contribution in [1.29, 1.82) is 0 Å². The topological polar surface area (TPSA) is 0 Å². The van der Waals surface area contributed by atoms with E-state index < -0.39 is 0 Å². The van der Waals surface area contributed by atoms with Crippen molar-refractivity contribution in [2.24, 2.45) is 0 Å². The van der Waals surface area contributed by atoms with Crippen LogP contribution < -0.4 is 0 Å². The Morgan fingerprint density at radius 2 is 0.319 bits per heavy atom. The van der Waals surface area contributed by atoms with Crippen molar-refractivity contribution in [2.45, 2.75) is 0 Å². The van der Waals surface area contributed by atoms with Crippen LogP contribution in [0, 0.1) is 0 Å². The van der Waals surface area contributed by atoms with Gasteiger partial charge in [0.15, 0.2) is 0 Å². The molecule has 0 aliphatic heterocycles. The maximum atomic E-state index is 9.88. The van der Waals surface area contributed by atoms with Gasteiger partial charge in [-0.1, -0.05) is 503 Å². The van der Waals surface area contributed by atoms with Crippen molar-refractivity contribution < 1.29 is 28.8 Å². The molecule has 0 heterocycles. The normalized spacial score (nSPS) is 13.6. The Balaban J connectivity index is 0.000000122. The van der Waals surface area contributed by atoms with Gasteiger partial charge in [-0.2, -0.15) is 0 Å². The highest BCUT2D eigenvalue weighted by Gasteiger charge is 2.24. The standard InChI is InChI=1S/3C46H30/c1-2-10-31(11-3-1)39-26-27-43-44(30-39)45(35-22-18-34(19-23-35)38-24-20-32-12-4-6-14-36(32)28-38)41-16-8-9-17-42(41)46(43)40-25-21-33-13-5-7-15-37(33)29-40;1-2-11-31(12-3-1)38-27-28-43-44(30-38)45(35-24-21-33(22-25-35)37-26-23-32-13-4-5-15-36(32)29-37)41-18-8-9-19-42(41)46(43)40-20-10-16-34-14-6-7-17-39(34)40;1-2-11-31(12-3-1)38-27-28-43-44(30-38)46(40-20-10-16-34-14-6-7-17-39(34)40)42-19-9-8-18-41(42)45(43)35-24-21-33(22-25-35)37-26-23-32-13-4-5-15-36(32)29-37/h3*1-30H/i8D,9D,16D,17D,26D,27D,30D;2*8D,9D,18D,19D,27D,28D,30D. The van der Waals surface area contributed by atoms with E-state index in [9.17, 15) is 20.6 Å². The van der Waals surface area contributed by atoms with E-state index in [1.54, 1.807) is 0 Å². The van der Waals surface area contributed by atoms with Crippen LogP contribution in [-0.4, -0.2) is 0 Å². The second-order valence-corrected chi connectivity index (χ2v) is 34.6. The van der Waals surface area contributed by atoms with Crippen LogP contribution in [0.3, 0.4) is 0 Å². The van der Waals surface area contributed by atoms with Crippen LogP contribution in [0.1, 0.15) is 28.8 Å². The zero-order valence-corrected chi connectivity index (χ0v) is 74.3. The quantitative estimate of drug-likeness (QED) is 0.107. The lowest BCUT2D eigenvalue weighted by Gasteiger charge is -2.20. The summed E-state index contributed by atoms with van der Waals surface area (Å²) in [6.07, 6.45) is 0. The van der Waals surface area contributed by atoms with Crippen molar-refractivity contribution >= 4 is 129 Å². The highest BCUT2D eigenvalue weighted by Crippen LogP contribution is 2.52. The highest BCUT2D eigenvalue weighted by molar-refractivity contribution is 6.27. The van der Waals surface area contributed by atoms with Gasteiger partial charge >= 0.3 is 0 Å². The minimum absolute atomic E-state index is 0.0246. The smallest absolute Gasteiger partial charge is 0.0622 e. The van der Waals surface area contributed by atoms with E-state index >= 15 is 0 Å². The summed E-state index contributed by atoms with van der Waals surface area (Å²) in [4.78, 5) is 0. The van der Waals surface area contributed by atoms with Gasteiger partial charge in [0.05, 0.1) is 28.8 Å². The van der Waals surface area contributed by atoms with Gasteiger partial charge in [-0.05, 0) is 305 Å². The Morgan fingerprint density at radius 1 is 0.109 bits per heavy atom. The Bertz CT molecular complexity index is 10800. The summed E-state index contributed by atoms with van der Waals surface area (Å²) in [6, 6.07) is 131. The van der Waals surface area contributed by atoms with Crippen LogP contribution in [0.4, 0.5) is 0 Å². The molecule has 642 valence electrons. The van der Waals surface area contributed by atoms with E-state index in [-0.39, 0.29) is 159 Å². The molecule has 0 radical (unpaired) electrons. The number of benzene rings is 27. The van der Waals surface area contributed by atoms with Gasteiger partial charge in [-0.15, -0.1) is 0 Å². The van der Waals surface area contributed by atoms with Gasteiger partial charge in [0, 0.05) is 0 Å². The maximum absolute atomic E-state index is 9.88. The average molecular weight is 1770 g/mol. The van der Waals surface area contributed by atoms with E-state index in [0.717, 1.165) is 98.0 Å². The first kappa shape index (κ1) is 62.5. The lowest BCUT2D eigenvalue weighted by atomic mass is 9.83. The predicted molar refractivity (Wildman–Crippen MR) is 595 cm³/mol. The third kappa shape index (κ3) is 15.2. The molecule has 0 heteroatoms. The monoisotopic (exact) mass is 1770 g/mol. The van der Waals surface area contributed by atoms with Gasteiger partial charge < -0.3 is 0 Å². The summed E-state index contributed by atoms with van der Waals surface area (Å²) in [5, 5.41) is 15.8. The minimum atomic E-state index is -0.385. The average Bonchev–Trinajstić information content (AvgIpc) is 0.698. The van der Waals surface area contributed by atoms with Crippen molar-refractivity contribution in [3.63, 3.8) is 0 Å². The van der Waals surface area contributed by atoms with Crippen molar-refractivity contribution in [3.8, 4) is 134 Å². The molecule has 27 aromatic rings. The van der Waals surface area contributed by atoms with E-state index in [1.165, 1.54) is 0 Å². The lowest BCUT2D eigenvalue weighted by Crippen LogP contribution is -1.92. The molecule has 0 aromatic heterocycles. The van der Waals surface area contributed by atoms with E-state index in [4.69, 9.17) is 8.22 Å². The highest BCUT2D eigenvalue weighted by atomic mass is 14.3. The fraction of sp³-hybridized carbons (Fsp3) is 0. The Labute approximate surface area is 832 Å². The van der Waals surface area contributed by atoms with Crippen molar-refractivity contribution in [2.75, 3.05) is 0 Å². The second kappa shape index (κ2) is 35.5. The molecular weight excluding hydrogens is 1660 g/mol. The summed E-state index contributed by atoms with van der Waals surface area (Å²) in [5.74, 6) is 0. The molecule has 27 rings (SSSR count). The lowest BCUT2D eigenvalue weighted by molar-refractivity contribution is 1.62. The molecule has 0 fully saturated rings. The summed E-state index contributed by atoms with van der Waals surface area (Å²) >= 11 is 0. The Kier molecular flexibility index (Phi) is 16.1. The SMILES string of the molecule is [2H]c1c([2H])c([2H])c2c(-c3ccc(-c4ccc5ccccc5c4)cc3)c3c([2H])c(-c4ccccc4)c([2H])c([2H])c3c(-c3ccc4ccccc4c3)c2c1[2H].[2H]c1c([2H])c([2H])c2c(-c3cccc4ccccc34)c3c([2H])c(-c4ccccc4)c([2H])c([2H])c3c(-c3ccc(-c4ccc5ccccc5c4)cc3)c2c1[2H].[2H]c1c([2H])c([2H])c2c(-c3cccc4ccccc34)c3c([2H])c([2H])c(-c4ccccc4)c([2H])c3c(-c3ccc(-c4ccc5ccccc5c4)cc3)c2c1[2H]. The molecule has 138 heavy (non-hydrogen) atoms. The van der Waals surface area contributed by atoms with E-state index in [1.807, 2.05) is 328 Å². The Hall–Kier alpha value is -17.9. The zero-order chi connectivity index (χ0) is 110. The van der Waals surface area contributed by atoms with Crippen molar-refractivity contribution in [1.82, 2.24) is 0 Å². The van der Waals surface area contributed by atoms with E-state index in [0.29, 0.717) is 132 Å². The molecule has 0 bridgehead atoms. The fourth-order valence-corrected chi connectivity index (χ4v) is 19.9. The first-order chi connectivity index (χ1) is 77.2. The van der Waals surface area contributed by atoms with Crippen LogP contribution in [0.5, 0.6) is 0 Å². The molecule has 0 amide bonds. The molecule has 27 aromatic carbocycles. The number of hydrogen-bond donors (Lipinski definition) is 0. The summed E-state index contributed by atoms with van der Waals surface area (Å²) < 4.78 is 196. The van der Waals surface area contributed by atoms with Crippen LogP contribution in [-0.2, 0) is 0 Å². The van der Waals surface area contributed by atoms with Crippen LogP contribution in [0.2, 0.25) is 0 Å². The maximum Gasteiger partial charge on any atom is 0.0636 e. The second-order valence-electron chi connectivity index (χ2n) is 34.6. The largest absolute Gasteiger partial charge is 0.0636 e. The number of rotatable bonds is 12. The molecule has 0 nitrogen and oxygen atoms in total. The van der Waals surface area contributed by atoms with E-state index in [2.05, 4.69) is 91.0 Å². The third-order valence-corrected chi connectivity index (χ3v) is 26.6. The van der Waals surface area contributed by atoms with Gasteiger partial charge in [0.1, 0.15) is 0 Å². The first-order valence-corrected chi connectivity index (χ1v) is 46.1. The molecule has 0 unspecified atom stereocenters. The molecule has 0 saturated heterocycles. The summed E-state index contributed by atoms with van der Waals surface area (Å²) in [5.41, 5.74) is 15.2. The van der Waals surface area contributed by atoms with Gasteiger partial charge in [0.2, 0.25) is 0 Å². The predicted octanol–water partition coefficient (Wildman–Crippen LogP) is 38.9. The van der Waals surface area contributed by atoms with Gasteiger partial charge in [0.25, 0.3) is 0 Å². The number of fused-ring (bicyclic) bond motifs is 12. The van der Waals surface area contributed by atoms with Crippen LogP contribution in [0.15, 0.2) is 545 Å². The Morgan fingerprint density at radius 3 is 0.652 bits per heavy atom. The minimum Gasteiger partial charge on any atom is -0.0622 e. The summed E-state index contributed by atoms with van der Waals surface area (Å²) in [7, 11) is 0. The van der Waals surface area contributed by atoms with Crippen molar-refractivity contribution in [3.05, 3.63) is 545 Å². The summed E-state index contributed by atoms with van der Waals surface area (Å²) in [6.45, 7) is 0.